The van der Waals surface area contributed by atoms with Gasteiger partial charge in [-0.25, -0.2) is 0 Å². The average molecular weight is 206 g/mol. The molecule has 1 aromatic rings. The fraction of sp³-hybridized carbons (Fsp3) is 0.333. The number of rotatable bonds is 3. The van der Waals surface area contributed by atoms with Crippen LogP contribution in [0.25, 0.3) is 0 Å². The Morgan fingerprint density at radius 3 is 2.53 bits per heavy atom. The van der Waals surface area contributed by atoms with E-state index in [-0.39, 0.29) is 12.4 Å². The molecule has 0 unspecified atom stereocenters. The molecule has 0 aliphatic heterocycles. The molecule has 0 aromatic heterocycles. The van der Waals surface area contributed by atoms with Crippen molar-refractivity contribution in [2.45, 2.75) is 20.8 Å². The van der Waals surface area contributed by atoms with E-state index in [1.165, 1.54) is 6.92 Å². The number of benzene rings is 1. The molecule has 0 heterocycles. The van der Waals surface area contributed by atoms with Gasteiger partial charge in [0, 0.05) is 12.5 Å². The number of hydrogen-bond acceptors (Lipinski definition) is 3. The summed E-state index contributed by atoms with van der Waals surface area (Å²) in [4.78, 5) is 22.2. The van der Waals surface area contributed by atoms with E-state index in [4.69, 9.17) is 0 Å². The molecular formula is C12H14O3. The van der Waals surface area contributed by atoms with Gasteiger partial charge in [0.05, 0.1) is 0 Å². The standard InChI is InChI=1S/C12H14O3/c1-8-4-5-9(2)11(6-8)12(14)7-15-10(3)13/h4-6H,7H2,1-3H3. The zero-order valence-electron chi connectivity index (χ0n) is 9.16. The smallest absolute Gasteiger partial charge is 0.303 e. The van der Waals surface area contributed by atoms with Crippen LogP contribution in [0.15, 0.2) is 18.2 Å². The maximum Gasteiger partial charge on any atom is 0.303 e. The highest BCUT2D eigenvalue weighted by Crippen LogP contribution is 2.11. The van der Waals surface area contributed by atoms with Gasteiger partial charge in [-0.15, -0.1) is 0 Å². The highest BCUT2D eigenvalue weighted by Gasteiger charge is 2.10. The van der Waals surface area contributed by atoms with Crippen LogP contribution in [-0.2, 0) is 9.53 Å². The fourth-order valence-corrected chi connectivity index (χ4v) is 1.28. The minimum absolute atomic E-state index is 0.161. The van der Waals surface area contributed by atoms with Gasteiger partial charge in [0.1, 0.15) is 0 Å². The first kappa shape index (κ1) is 11.4. The third-order valence-corrected chi connectivity index (χ3v) is 2.10. The van der Waals surface area contributed by atoms with Gasteiger partial charge >= 0.3 is 5.97 Å². The summed E-state index contributed by atoms with van der Waals surface area (Å²) < 4.78 is 4.66. The fourth-order valence-electron chi connectivity index (χ4n) is 1.28. The Morgan fingerprint density at radius 1 is 1.27 bits per heavy atom. The summed E-state index contributed by atoms with van der Waals surface area (Å²) in [6.45, 7) is 4.89. The van der Waals surface area contributed by atoms with Crippen molar-refractivity contribution in [1.29, 1.82) is 0 Å². The van der Waals surface area contributed by atoms with Gasteiger partial charge in [-0.05, 0) is 25.5 Å². The number of carbonyl (C=O) groups is 2. The Balaban J connectivity index is 2.81. The van der Waals surface area contributed by atoms with Gasteiger partial charge in [-0.2, -0.15) is 0 Å². The molecule has 0 amide bonds. The van der Waals surface area contributed by atoms with E-state index < -0.39 is 5.97 Å². The molecule has 0 saturated heterocycles. The van der Waals surface area contributed by atoms with Gasteiger partial charge in [0.25, 0.3) is 0 Å². The summed E-state index contributed by atoms with van der Waals surface area (Å²) in [5.41, 5.74) is 2.54. The zero-order valence-corrected chi connectivity index (χ0v) is 9.16. The van der Waals surface area contributed by atoms with Crippen molar-refractivity contribution in [3.63, 3.8) is 0 Å². The van der Waals surface area contributed by atoms with Gasteiger partial charge in [0.2, 0.25) is 5.78 Å². The van der Waals surface area contributed by atoms with E-state index in [9.17, 15) is 9.59 Å². The van der Waals surface area contributed by atoms with Crippen LogP contribution in [0.4, 0.5) is 0 Å². The van der Waals surface area contributed by atoms with Crippen LogP contribution < -0.4 is 0 Å². The topological polar surface area (TPSA) is 43.4 Å². The third-order valence-electron chi connectivity index (χ3n) is 2.10. The number of esters is 1. The van der Waals surface area contributed by atoms with Gasteiger partial charge in [-0.3, -0.25) is 9.59 Å². The third kappa shape index (κ3) is 3.20. The molecule has 0 saturated carbocycles. The largest absolute Gasteiger partial charge is 0.457 e. The molecule has 0 fully saturated rings. The molecule has 0 aliphatic rings. The van der Waals surface area contributed by atoms with E-state index >= 15 is 0 Å². The Bertz CT molecular complexity index is 394. The van der Waals surface area contributed by atoms with Crippen molar-refractivity contribution in [2.24, 2.45) is 0 Å². The highest BCUT2D eigenvalue weighted by atomic mass is 16.5. The van der Waals surface area contributed by atoms with Crippen molar-refractivity contribution in [3.05, 3.63) is 34.9 Å². The number of carbonyl (C=O) groups excluding carboxylic acids is 2. The second-order valence-corrected chi connectivity index (χ2v) is 3.52. The number of hydrogen-bond donors (Lipinski definition) is 0. The number of aryl methyl sites for hydroxylation is 2. The molecule has 0 bridgehead atoms. The molecule has 1 aromatic carbocycles. The van der Waals surface area contributed by atoms with Crippen LogP contribution in [-0.4, -0.2) is 18.4 Å². The molecule has 0 atom stereocenters. The quantitative estimate of drug-likeness (QED) is 0.561. The second kappa shape index (κ2) is 4.73. The Labute approximate surface area is 89.1 Å². The first-order chi connectivity index (χ1) is 7.00. The second-order valence-electron chi connectivity index (χ2n) is 3.52. The van der Waals surface area contributed by atoms with Gasteiger partial charge in [0.15, 0.2) is 6.61 Å². The first-order valence-corrected chi connectivity index (χ1v) is 4.74. The molecular weight excluding hydrogens is 192 g/mol. The maximum atomic E-state index is 11.6. The predicted octanol–water partition coefficient (Wildman–Crippen LogP) is 2.05. The minimum Gasteiger partial charge on any atom is -0.457 e. The lowest BCUT2D eigenvalue weighted by Crippen LogP contribution is -2.13. The number of Topliss-reactive ketones (excluding diaryl/α,β-unsaturated/α-hetero) is 1. The van der Waals surface area contributed by atoms with Crippen LogP contribution in [0.2, 0.25) is 0 Å². The maximum absolute atomic E-state index is 11.6. The summed E-state index contributed by atoms with van der Waals surface area (Å²) in [6, 6.07) is 5.63. The van der Waals surface area contributed by atoms with E-state index in [2.05, 4.69) is 4.74 Å². The van der Waals surface area contributed by atoms with Crippen molar-refractivity contribution in [1.82, 2.24) is 0 Å². The summed E-state index contributed by atoms with van der Waals surface area (Å²) in [5, 5.41) is 0. The van der Waals surface area contributed by atoms with E-state index in [1.807, 2.05) is 26.0 Å². The Morgan fingerprint density at radius 2 is 1.93 bits per heavy atom. The van der Waals surface area contributed by atoms with Crippen LogP contribution in [0.1, 0.15) is 28.4 Å². The monoisotopic (exact) mass is 206 g/mol. The van der Waals surface area contributed by atoms with Crippen LogP contribution >= 0.6 is 0 Å². The Hall–Kier alpha value is -1.64. The minimum atomic E-state index is -0.436. The highest BCUT2D eigenvalue weighted by molar-refractivity contribution is 5.99. The molecule has 15 heavy (non-hydrogen) atoms. The van der Waals surface area contributed by atoms with E-state index in [1.54, 1.807) is 6.07 Å². The lowest BCUT2D eigenvalue weighted by atomic mass is 10.0. The van der Waals surface area contributed by atoms with Crippen LogP contribution in [0, 0.1) is 13.8 Å². The summed E-state index contributed by atoms with van der Waals surface area (Å²) in [7, 11) is 0. The molecule has 3 heteroatoms. The first-order valence-electron chi connectivity index (χ1n) is 4.74. The van der Waals surface area contributed by atoms with E-state index in [0.717, 1.165) is 11.1 Å². The number of ether oxygens (including phenoxy) is 1. The molecule has 3 nitrogen and oxygen atoms in total. The summed E-state index contributed by atoms with van der Waals surface area (Å²) in [5.74, 6) is -0.597. The molecule has 0 aliphatic carbocycles. The van der Waals surface area contributed by atoms with Crippen LogP contribution in [0.3, 0.4) is 0 Å². The lowest BCUT2D eigenvalue weighted by molar-refractivity contribution is -0.139. The zero-order chi connectivity index (χ0) is 11.4. The van der Waals surface area contributed by atoms with Gasteiger partial charge < -0.3 is 4.74 Å². The average Bonchev–Trinajstić information content (AvgIpc) is 2.18. The summed E-state index contributed by atoms with van der Waals surface area (Å²) in [6.07, 6.45) is 0. The van der Waals surface area contributed by atoms with Crippen LogP contribution in [0.5, 0.6) is 0 Å². The molecule has 0 radical (unpaired) electrons. The summed E-state index contributed by atoms with van der Waals surface area (Å²) >= 11 is 0. The molecule has 80 valence electrons. The van der Waals surface area contributed by atoms with Gasteiger partial charge in [-0.1, -0.05) is 17.7 Å². The van der Waals surface area contributed by atoms with Crippen molar-refractivity contribution in [3.8, 4) is 0 Å². The van der Waals surface area contributed by atoms with Crippen molar-refractivity contribution < 1.29 is 14.3 Å². The van der Waals surface area contributed by atoms with E-state index in [0.29, 0.717) is 5.56 Å². The molecule has 1 rings (SSSR count). The Kier molecular flexibility index (Phi) is 3.61. The van der Waals surface area contributed by atoms with Crippen molar-refractivity contribution in [2.75, 3.05) is 6.61 Å². The SMILES string of the molecule is CC(=O)OCC(=O)c1cc(C)ccc1C. The number of ketones is 1. The molecule has 0 N–H and O–H groups in total. The molecule has 0 spiro atoms. The normalized spacial score (nSPS) is 9.80. The predicted molar refractivity (Wildman–Crippen MR) is 56.9 cm³/mol. The lowest BCUT2D eigenvalue weighted by Gasteiger charge is -2.06. The van der Waals surface area contributed by atoms with Crippen molar-refractivity contribution >= 4 is 11.8 Å².